The van der Waals surface area contributed by atoms with Crippen molar-refractivity contribution in [2.45, 2.75) is 112 Å². The third-order valence-electron chi connectivity index (χ3n) is 10.9. The zero-order valence-corrected chi connectivity index (χ0v) is 23.2. The van der Waals surface area contributed by atoms with Gasteiger partial charge >= 0.3 is 10.4 Å². The summed E-state index contributed by atoms with van der Waals surface area (Å²) in [5.74, 6) is 3.69. The zero-order valence-electron chi connectivity index (χ0n) is 22.4. The van der Waals surface area contributed by atoms with E-state index in [0.29, 0.717) is 34.5 Å². The maximum Gasteiger partial charge on any atom is 0.397 e. The van der Waals surface area contributed by atoms with E-state index in [2.05, 4.69) is 31.9 Å². The van der Waals surface area contributed by atoms with Crippen molar-refractivity contribution in [3.63, 3.8) is 0 Å². The van der Waals surface area contributed by atoms with Gasteiger partial charge in [0.15, 0.2) is 0 Å². The monoisotopic (exact) mass is 488 g/mol. The largest absolute Gasteiger partial charge is 0.400 e. The minimum absolute atomic E-state index is 0.0970. The molecule has 0 heterocycles. The van der Waals surface area contributed by atoms with Gasteiger partial charge in [-0.1, -0.05) is 54.4 Å². The highest BCUT2D eigenvalue weighted by Crippen LogP contribution is 2.71. The molecule has 0 radical (unpaired) electrons. The third kappa shape index (κ3) is 5.49. The van der Waals surface area contributed by atoms with Crippen molar-refractivity contribution in [3.05, 3.63) is 0 Å². The van der Waals surface area contributed by atoms with Crippen LogP contribution in [0.1, 0.15) is 112 Å². The highest BCUT2D eigenvalue weighted by atomic mass is 32.3. The van der Waals surface area contributed by atoms with Crippen LogP contribution in [0.2, 0.25) is 0 Å². The molecule has 4 aliphatic rings. The second-order valence-electron chi connectivity index (χ2n) is 11.8. The fourth-order valence-electron chi connectivity index (χ4n) is 9.12. The average molecular weight is 489 g/mol. The predicted octanol–water partition coefficient (Wildman–Crippen LogP) is 6.91. The van der Waals surface area contributed by atoms with Gasteiger partial charge in [-0.05, 0) is 104 Å². The normalized spacial score (nSPS) is 42.9. The van der Waals surface area contributed by atoms with Gasteiger partial charge in [-0.2, -0.15) is 8.42 Å². The second kappa shape index (κ2) is 11.3. The number of rotatable bonds is 5. The van der Waals surface area contributed by atoms with Gasteiger partial charge in [-0.25, -0.2) is 4.18 Å². The lowest BCUT2D eigenvalue weighted by atomic mass is 9.40. The molecule has 4 aliphatic carbocycles. The Labute approximate surface area is 204 Å². The predicted molar refractivity (Wildman–Crippen MR) is 135 cm³/mol. The SMILES string of the molecule is CC.CO.C[C@H](CCOS(=O)(=O)O)C1CCC2C3CCC4(C)CCCCC4(C)C3CCC21C. The molecule has 5 nitrogen and oxygen atoms in total. The van der Waals surface area contributed by atoms with E-state index in [4.69, 9.17) is 9.66 Å². The van der Waals surface area contributed by atoms with Gasteiger partial charge in [0.25, 0.3) is 0 Å². The van der Waals surface area contributed by atoms with Crippen LogP contribution >= 0.6 is 0 Å². The van der Waals surface area contributed by atoms with E-state index in [0.717, 1.165) is 24.9 Å². The van der Waals surface area contributed by atoms with Gasteiger partial charge < -0.3 is 5.11 Å². The van der Waals surface area contributed by atoms with E-state index >= 15 is 0 Å². The standard InChI is InChI=1S/C24H42O4S.C2H6.CH4O/c1-17(11-16-28-29(25,26)27)19-7-8-20-18-9-14-22(2)12-5-6-13-24(22,4)21(18)10-15-23(19,20)3;2*1-2/h17-21H,5-16H2,1-4H3,(H,25,26,27);1-2H3;2H,1H3/t17-,18?,19?,20?,21?,22?,23?,24?;;/m1../s1. The Bertz CT molecular complexity index is 724. The lowest BCUT2D eigenvalue weighted by Crippen LogP contribution is -2.56. The smallest absolute Gasteiger partial charge is 0.397 e. The molecular formula is C27H52O5S. The first-order valence-corrected chi connectivity index (χ1v) is 14.9. The molecule has 4 rings (SSSR count). The number of hydrogen-bond donors (Lipinski definition) is 2. The number of aliphatic hydroxyl groups is 1. The molecule has 4 fully saturated rings. The van der Waals surface area contributed by atoms with E-state index in [1.165, 1.54) is 64.2 Å². The van der Waals surface area contributed by atoms with Gasteiger partial charge in [-0.3, -0.25) is 4.55 Å². The molecule has 0 aromatic rings. The first-order valence-electron chi connectivity index (χ1n) is 13.6. The van der Waals surface area contributed by atoms with E-state index in [9.17, 15) is 8.42 Å². The van der Waals surface area contributed by atoms with Crippen LogP contribution in [-0.4, -0.2) is 31.8 Å². The lowest BCUT2D eigenvalue weighted by molar-refractivity contribution is -0.154. The summed E-state index contributed by atoms with van der Waals surface area (Å²) in [6.07, 6.45) is 14.6. The zero-order chi connectivity index (χ0) is 25.1. The van der Waals surface area contributed by atoms with Crippen LogP contribution in [0.4, 0.5) is 0 Å². The average Bonchev–Trinajstić information content (AvgIpc) is 3.13. The second-order valence-corrected chi connectivity index (χ2v) is 12.9. The Morgan fingerprint density at radius 3 is 2.18 bits per heavy atom. The van der Waals surface area contributed by atoms with Crippen LogP contribution in [-0.2, 0) is 14.6 Å². The van der Waals surface area contributed by atoms with Crippen LogP contribution < -0.4 is 0 Å². The van der Waals surface area contributed by atoms with Crippen LogP contribution in [0.5, 0.6) is 0 Å². The highest BCUT2D eigenvalue weighted by Gasteiger charge is 2.62. The number of hydrogen-bond acceptors (Lipinski definition) is 4. The minimum Gasteiger partial charge on any atom is -0.400 e. The molecule has 0 saturated heterocycles. The highest BCUT2D eigenvalue weighted by molar-refractivity contribution is 7.80. The summed E-state index contributed by atoms with van der Waals surface area (Å²) in [6.45, 7) is 14.2. The quantitative estimate of drug-likeness (QED) is 0.411. The van der Waals surface area contributed by atoms with Gasteiger partial charge in [0.2, 0.25) is 0 Å². The molecule has 0 aromatic heterocycles. The van der Waals surface area contributed by atoms with Crippen LogP contribution in [0.25, 0.3) is 0 Å². The summed E-state index contributed by atoms with van der Waals surface area (Å²) < 4.78 is 35.3. The van der Waals surface area contributed by atoms with Crippen molar-refractivity contribution in [1.29, 1.82) is 0 Å². The summed E-state index contributed by atoms with van der Waals surface area (Å²) in [5, 5.41) is 7.00. The van der Waals surface area contributed by atoms with Gasteiger partial charge in [0.1, 0.15) is 0 Å². The molecule has 4 saturated carbocycles. The maximum absolute atomic E-state index is 10.9. The van der Waals surface area contributed by atoms with Gasteiger partial charge in [0.05, 0.1) is 6.61 Å². The van der Waals surface area contributed by atoms with Crippen molar-refractivity contribution in [2.24, 2.45) is 45.8 Å². The van der Waals surface area contributed by atoms with E-state index in [1.54, 1.807) is 0 Å². The maximum atomic E-state index is 10.9. The van der Waals surface area contributed by atoms with Crippen molar-refractivity contribution in [3.8, 4) is 0 Å². The van der Waals surface area contributed by atoms with Crippen molar-refractivity contribution in [1.82, 2.24) is 0 Å². The molecule has 0 aromatic carbocycles. The van der Waals surface area contributed by atoms with Crippen LogP contribution in [0.15, 0.2) is 0 Å². The van der Waals surface area contributed by atoms with Crippen LogP contribution in [0, 0.1) is 45.8 Å². The fraction of sp³-hybridized carbons (Fsp3) is 1.00. The first-order chi connectivity index (χ1) is 15.5. The first kappa shape index (κ1) is 29.1. The van der Waals surface area contributed by atoms with Crippen molar-refractivity contribution in [2.75, 3.05) is 13.7 Å². The van der Waals surface area contributed by atoms with E-state index in [1.807, 2.05) is 13.8 Å². The van der Waals surface area contributed by atoms with E-state index in [-0.39, 0.29) is 6.61 Å². The Morgan fingerprint density at radius 1 is 0.909 bits per heavy atom. The molecule has 8 atom stereocenters. The Kier molecular flexibility index (Phi) is 9.92. The Balaban J connectivity index is 0.000000914. The molecule has 33 heavy (non-hydrogen) atoms. The van der Waals surface area contributed by atoms with E-state index < -0.39 is 10.4 Å². The third-order valence-corrected chi connectivity index (χ3v) is 11.4. The Morgan fingerprint density at radius 2 is 1.55 bits per heavy atom. The van der Waals surface area contributed by atoms with Gasteiger partial charge in [0, 0.05) is 7.11 Å². The van der Waals surface area contributed by atoms with Crippen LogP contribution in [0.3, 0.4) is 0 Å². The molecule has 0 spiro atoms. The van der Waals surface area contributed by atoms with Crippen molar-refractivity contribution < 1.29 is 22.3 Å². The summed E-state index contributed by atoms with van der Waals surface area (Å²) >= 11 is 0. The summed E-state index contributed by atoms with van der Waals surface area (Å²) in [6, 6.07) is 0. The fourth-order valence-corrected chi connectivity index (χ4v) is 9.43. The lowest BCUT2D eigenvalue weighted by Gasteiger charge is -2.65. The molecule has 0 aliphatic heterocycles. The minimum atomic E-state index is -4.32. The molecular weight excluding hydrogens is 436 g/mol. The van der Waals surface area contributed by atoms with Crippen molar-refractivity contribution >= 4 is 10.4 Å². The molecule has 0 bridgehead atoms. The van der Waals surface area contributed by atoms with Gasteiger partial charge in [-0.15, -0.1) is 0 Å². The Hall–Kier alpha value is -0.170. The molecule has 0 amide bonds. The molecule has 2 N–H and O–H groups in total. The molecule has 7 unspecified atom stereocenters. The summed E-state index contributed by atoms with van der Waals surface area (Å²) in [5.41, 5.74) is 1.47. The molecule has 196 valence electrons. The number of fused-ring (bicyclic) bond motifs is 5. The summed E-state index contributed by atoms with van der Waals surface area (Å²) in [7, 11) is -3.32. The topological polar surface area (TPSA) is 83.8 Å². The molecule has 6 heteroatoms. The summed E-state index contributed by atoms with van der Waals surface area (Å²) in [4.78, 5) is 0. The number of aliphatic hydroxyl groups excluding tert-OH is 1.